The lowest BCUT2D eigenvalue weighted by atomic mass is 10.2. The Bertz CT molecular complexity index is 720. The van der Waals surface area contributed by atoms with Gasteiger partial charge < -0.3 is 4.90 Å². The molecular formula is C18H23FN4O. The van der Waals surface area contributed by atoms with Gasteiger partial charge in [0.15, 0.2) is 0 Å². The summed E-state index contributed by atoms with van der Waals surface area (Å²) in [5.41, 5.74) is 2.63. The summed E-state index contributed by atoms with van der Waals surface area (Å²) in [6.07, 6.45) is 0. The highest BCUT2D eigenvalue weighted by atomic mass is 19.1. The number of nitrogens with zero attached hydrogens (tertiary/aromatic N) is 4. The van der Waals surface area contributed by atoms with E-state index < -0.39 is 0 Å². The minimum absolute atomic E-state index is 0.0896. The molecule has 2 aromatic rings. The van der Waals surface area contributed by atoms with Crippen molar-refractivity contribution in [3.63, 3.8) is 0 Å². The molecule has 0 atom stereocenters. The Kier molecular flexibility index (Phi) is 4.94. The molecule has 1 aromatic heterocycles. The first-order chi connectivity index (χ1) is 11.5. The van der Waals surface area contributed by atoms with E-state index in [0.29, 0.717) is 25.2 Å². The van der Waals surface area contributed by atoms with E-state index in [4.69, 9.17) is 0 Å². The predicted molar refractivity (Wildman–Crippen MR) is 90.0 cm³/mol. The number of carbonyl (C=O) groups excluding carboxylic acids is 1. The van der Waals surface area contributed by atoms with Gasteiger partial charge in [0.1, 0.15) is 12.4 Å². The molecule has 2 heterocycles. The molecule has 5 nitrogen and oxygen atoms in total. The molecule has 3 rings (SSSR count). The fourth-order valence-electron chi connectivity index (χ4n) is 3.09. The molecule has 128 valence electrons. The number of hydrogen-bond acceptors (Lipinski definition) is 3. The lowest BCUT2D eigenvalue weighted by Crippen LogP contribution is -2.49. The summed E-state index contributed by atoms with van der Waals surface area (Å²) in [4.78, 5) is 16.5. The van der Waals surface area contributed by atoms with Crippen molar-refractivity contribution in [2.24, 2.45) is 0 Å². The van der Waals surface area contributed by atoms with E-state index in [2.05, 4.69) is 10.00 Å². The van der Waals surface area contributed by atoms with Crippen LogP contribution in [0.25, 0.3) is 0 Å². The van der Waals surface area contributed by atoms with E-state index in [1.807, 2.05) is 36.9 Å². The zero-order valence-corrected chi connectivity index (χ0v) is 14.2. The van der Waals surface area contributed by atoms with E-state index in [1.165, 1.54) is 6.07 Å². The van der Waals surface area contributed by atoms with Crippen LogP contribution in [0.1, 0.15) is 17.0 Å². The number of halogens is 1. The van der Waals surface area contributed by atoms with Gasteiger partial charge in [-0.15, -0.1) is 0 Å². The van der Waals surface area contributed by atoms with Gasteiger partial charge in [0.2, 0.25) is 5.91 Å². The Morgan fingerprint density at radius 1 is 1.17 bits per heavy atom. The molecule has 0 aliphatic carbocycles. The summed E-state index contributed by atoms with van der Waals surface area (Å²) >= 11 is 0. The van der Waals surface area contributed by atoms with Crippen molar-refractivity contribution in [3.05, 3.63) is 53.1 Å². The van der Waals surface area contributed by atoms with Gasteiger partial charge in [-0.25, -0.2) is 4.39 Å². The van der Waals surface area contributed by atoms with Gasteiger partial charge in [0.25, 0.3) is 0 Å². The van der Waals surface area contributed by atoms with E-state index in [0.717, 1.165) is 24.5 Å². The minimum atomic E-state index is -0.166. The molecule has 0 saturated carbocycles. The fourth-order valence-corrected chi connectivity index (χ4v) is 3.09. The molecule has 1 amide bonds. The van der Waals surface area contributed by atoms with Crippen molar-refractivity contribution >= 4 is 5.91 Å². The average Bonchev–Trinajstić information content (AvgIpc) is 2.88. The number of aryl methyl sites for hydroxylation is 2. The van der Waals surface area contributed by atoms with Crippen molar-refractivity contribution < 1.29 is 9.18 Å². The standard InChI is InChI=1S/C18H23FN4O/c1-14-11-15(2)23(20-14)13-18(24)22-9-7-21(8-10-22)12-16-5-3-4-6-17(16)19/h3-6,11H,7-10,12-13H2,1-2H3. The Morgan fingerprint density at radius 3 is 2.50 bits per heavy atom. The maximum Gasteiger partial charge on any atom is 0.244 e. The number of amides is 1. The molecule has 1 aliphatic rings. The number of piperazine rings is 1. The maximum atomic E-state index is 13.7. The molecule has 1 aliphatic heterocycles. The van der Waals surface area contributed by atoms with Gasteiger partial charge in [-0.1, -0.05) is 18.2 Å². The smallest absolute Gasteiger partial charge is 0.244 e. The van der Waals surface area contributed by atoms with E-state index in [-0.39, 0.29) is 18.3 Å². The summed E-state index contributed by atoms with van der Waals surface area (Å²) in [6.45, 7) is 7.63. The molecule has 1 fully saturated rings. The van der Waals surface area contributed by atoms with Crippen molar-refractivity contribution in [2.45, 2.75) is 26.9 Å². The van der Waals surface area contributed by atoms with Crippen LogP contribution >= 0.6 is 0 Å². The highest BCUT2D eigenvalue weighted by Crippen LogP contribution is 2.12. The van der Waals surface area contributed by atoms with Crippen LogP contribution in [0.3, 0.4) is 0 Å². The average molecular weight is 330 g/mol. The first-order valence-electron chi connectivity index (χ1n) is 8.27. The van der Waals surface area contributed by atoms with Gasteiger partial charge >= 0.3 is 0 Å². The zero-order valence-electron chi connectivity index (χ0n) is 14.2. The minimum Gasteiger partial charge on any atom is -0.339 e. The maximum absolute atomic E-state index is 13.7. The van der Waals surface area contributed by atoms with Crippen LogP contribution in [0.15, 0.2) is 30.3 Å². The molecule has 6 heteroatoms. The predicted octanol–water partition coefficient (Wildman–Crippen LogP) is 1.98. The van der Waals surface area contributed by atoms with Gasteiger partial charge in [-0.3, -0.25) is 14.4 Å². The SMILES string of the molecule is Cc1cc(C)n(CC(=O)N2CCN(Cc3ccccc3F)CC2)n1. The fraction of sp³-hybridized carbons (Fsp3) is 0.444. The number of aromatic nitrogens is 2. The monoisotopic (exact) mass is 330 g/mol. The molecule has 1 saturated heterocycles. The van der Waals surface area contributed by atoms with Gasteiger partial charge in [0, 0.05) is 44.0 Å². The molecule has 0 bridgehead atoms. The van der Waals surface area contributed by atoms with Crippen molar-refractivity contribution in [2.75, 3.05) is 26.2 Å². The Labute approximate surface area is 141 Å². The first kappa shape index (κ1) is 16.6. The molecule has 24 heavy (non-hydrogen) atoms. The summed E-state index contributed by atoms with van der Waals surface area (Å²) < 4.78 is 15.5. The second-order valence-electron chi connectivity index (χ2n) is 6.33. The summed E-state index contributed by atoms with van der Waals surface area (Å²) in [5, 5.41) is 4.34. The second kappa shape index (κ2) is 7.13. The number of benzene rings is 1. The van der Waals surface area contributed by atoms with Crippen molar-refractivity contribution in [1.82, 2.24) is 19.6 Å². The molecule has 1 aromatic carbocycles. The Balaban J connectivity index is 1.52. The van der Waals surface area contributed by atoms with Crippen molar-refractivity contribution in [3.8, 4) is 0 Å². The van der Waals surface area contributed by atoms with Crippen LogP contribution in [-0.2, 0) is 17.9 Å². The van der Waals surface area contributed by atoms with Gasteiger partial charge in [0.05, 0.1) is 5.69 Å². The van der Waals surface area contributed by atoms with E-state index in [9.17, 15) is 9.18 Å². The van der Waals surface area contributed by atoms with Crippen LogP contribution in [0.4, 0.5) is 4.39 Å². The number of carbonyl (C=O) groups is 1. The summed E-state index contributed by atoms with van der Waals surface area (Å²) in [7, 11) is 0. The van der Waals surface area contributed by atoms with E-state index in [1.54, 1.807) is 10.7 Å². The first-order valence-corrected chi connectivity index (χ1v) is 8.27. The van der Waals surface area contributed by atoms with Crippen LogP contribution < -0.4 is 0 Å². The largest absolute Gasteiger partial charge is 0.339 e. The third-order valence-electron chi connectivity index (χ3n) is 4.47. The van der Waals surface area contributed by atoms with Gasteiger partial charge in [-0.2, -0.15) is 5.10 Å². The zero-order chi connectivity index (χ0) is 17.1. The highest BCUT2D eigenvalue weighted by Gasteiger charge is 2.22. The number of rotatable bonds is 4. The topological polar surface area (TPSA) is 41.4 Å². The van der Waals surface area contributed by atoms with Crippen LogP contribution in [0.5, 0.6) is 0 Å². The molecule has 0 unspecified atom stereocenters. The third kappa shape index (κ3) is 3.82. The lowest BCUT2D eigenvalue weighted by Gasteiger charge is -2.34. The van der Waals surface area contributed by atoms with Crippen LogP contribution in [-0.4, -0.2) is 51.7 Å². The molecule has 0 spiro atoms. The Morgan fingerprint density at radius 2 is 1.88 bits per heavy atom. The second-order valence-corrected chi connectivity index (χ2v) is 6.33. The third-order valence-corrected chi connectivity index (χ3v) is 4.47. The Hall–Kier alpha value is -2.21. The summed E-state index contributed by atoms with van der Waals surface area (Å²) in [5.74, 6) is -0.0766. The molecular weight excluding hydrogens is 307 g/mol. The van der Waals surface area contributed by atoms with Crippen LogP contribution in [0.2, 0.25) is 0 Å². The van der Waals surface area contributed by atoms with Crippen LogP contribution in [0, 0.1) is 19.7 Å². The lowest BCUT2D eigenvalue weighted by molar-refractivity contribution is -0.133. The summed E-state index contributed by atoms with van der Waals surface area (Å²) in [6, 6.07) is 8.83. The quantitative estimate of drug-likeness (QED) is 0.861. The van der Waals surface area contributed by atoms with E-state index >= 15 is 0 Å². The van der Waals surface area contributed by atoms with Gasteiger partial charge in [-0.05, 0) is 26.0 Å². The number of hydrogen-bond donors (Lipinski definition) is 0. The highest BCUT2D eigenvalue weighted by molar-refractivity contribution is 5.76. The molecule has 0 N–H and O–H groups in total. The van der Waals surface area contributed by atoms with Crippen molar-refractivity contribution in [1.29, 1.82) is 0 Å². The molecule has 0 radical (unpaired) electrons. The normalized spacial score (nSPS) is 15.7.